The smallest absolute Gasteiger partial charge is 0.240 e. The van der Waals surface area contributed by atoms with E-state index in [1.807, 2.05) is 43.3 Å². The number of nitrogens with zero attached hydrogens (tertiary/aromatic N) is 1. The van der Waals surface area contributed by atoms with Gasteiger partial charge in [0.05, 0.1) is 14.9 Å². The molecule has 0 heterocycles. The molecule has 7 heteroatoms. The lowest BCUT2D eigenvalue weighted by molar-refractivity contribution is 0.581. The summed E-state index contributed by atoms with van der Waals surface area (Å²) in [4.78, 5) is 2.07. The average molecular weight is 359 g/mol. The highest BCUT2D eigenvalue weighted by molar-refractivity contribution is 7.89. The summed E-state index contributed by atoms with van der Waals surface area (Å²) in [7, 11) is 0.265. The summed E-state index contributed by atoms with van der Waals surface area (Å²) in [6.45, 7) is 0.205. The second kappa shape index (κ2) is 6.87. The number of benzene rings is 2. The molecule has 0 fully saturated rings. The first-order valence-electron chi connectivity index (χ1n) is 6.50. The largest absolute Gasteiger partial charge is 0.378 e. The number of nitrogens with one attached hydrogen (secondary N) is 1. The van der Waals surface area contributed by atoms with Crippen LogP contribution >= 0.6 is 23.2 Å². The van der Waals surface area contributed by atoms with Gasteiger partial charge in [0.1, 0.15) is 0 Å². The van der Waals surface area contributed by atoms with Crippen molar-refractivity contribution in [2.45, 2.75) is 11.4 Å². The lowest BCUT2D eigenvalue weighted by atomic mass is 10.2. The summed E-state index contributed by atoms with van der Waals surface area (Å²) in [6.07, 6.45) is 0. The zero-order valence-corrected chi connectivity index (χ0v) is 14.5. The minimum absolute atomic E-state index is 0.0896. The monoisotopic (exact) mass is 358 g/mol. The quantitative estimate of drug-likeness (QED) is 0.889. The van der Waals surface area contributed by atoms with Crippen molar-refractivity contribution in [3.8, 4) is 0 Å². The van der Waals surface area contributed by atoms with Crippen LogP contribution in [0, 0.1) is 0 Å². The molecule has 0 unspecified atom stereocenters. The SMILES string of the molecule is CN(C)c1ccc(CNS(=O)(=O)c2ccc(Cl)c(Cl)c2)cc1. The zero-order chi connectivity index (χ0) is 16.3. The molecule has 0 saturated heterocycles. The topological polar surface area (TPSA) is 49.4 Å². The van der Waals surface area contributed by atoms with Crippen molar-refractivity contribution in [1.82, 2.24) is 4.72 Å². The Bertz CT molecular complexity index is 760. The molecule has 0 aromatic heterocycles. The highest BCUT2D eigenvalue weighted by Gasteiger charge is 2.15. The first-order valence-corrected chi connectivity index (χ1v) is 8.74. The molecule has 22 heavy (non-hydrogen) atoms. The van der Waals surface area contributed by atoms with Crippen molar-refractivity contribution in [2.24, 2.45) is 0 Å². The van der Waals surface area contributed by atoms with E-state index in [-0.39, 0.29) is 16.5 Å². The number of sulfonamides is 1. The molecular weight excluding hydrogens is 343 g/mol. The van der Waals surface area contributed by atoms with Crippen LogP contribution in [0.25, 0.3) is 0 Å². The van der Waals surface area contributed by atoms with E-state index in [9.17, 15) is 8.42 Å². The molecule has 118 valence electrons. The van der Waals surface area contributed by atoms with Gasteiger partial charge in [-0.15, -0.1) is 0 Å². The Kier molecular flexibility index (Phi) is 5.34. The van der Waals surface area contributed by atoms with E-state index in [1.54, 1.807) is 0 Å². The van der Waals surface area contributed by atoms with Gasteiger partial charge in [-0.1, -0.05) is 35.3 Å². The summed E-state index contributed by atoms with van der Waals surface area (Å²) < 4.78 is 27.0. The normalized spacial score (nSPS) is 11.5. The average Bonchev–Trinajstić information content (AvgIpc) is 2.48. The van der Waals surface area contributed by atoms with Crippen molar-refractivity contribution < 1.29 is 8.42 Å². The van der Waals surface area contributed by atoms with Crippen LogP contribution < -0.4 is 9.62 Å². The molecule has 0 amide bonds. The van der Waals surface area contributed by atoms with Gasteiger partial charge in [-0.2, -0.15) is 0 Å². The summed E-state index contributed by atoms with van der Waals surface area (Å²) in [5, 5.41) is 0.528. The van der Waals surface area contributed by atoms with Gasteiger partial charge in [-0.3, -0.25) is 0 Å². The molecule has 4 nitrogen and oxygen atoms in total. The Balaban J connectivity index is 2.10. The number of halogens is 2. The van der Waals surface area contributed by atoms with Crippen LogP contribution in [0.4, 0.5) is 5.69 Å². The molecule has 0 radical (unpaired) electrons. The van der Waals surface area contributed by atoms with E-state index in [0.29, 0.717) is 5.02 Å². The minimum atomic E-state index is -3.63. The molecular formula is C15H16Cl2N2O2S. The van der Waals surface area contributed by atoms with Gasteiger partial charge in [0, 0.05) is 26.3 Å². The lowest BCUT2D eigenvalue weighted by Crippen LogP contribution is -2.23. The van der Waals surface area contributed by atoms with Crippen LogP contribution in [0.5, 0.6) is 0 Å². The van der Waals surface area contributed by atoms with E-state index in [1.165, 1.54) is 18.2 Å². The van der Waals surface area contributed by atoms with Crippen LogP contribution in [-0.4, -0.2) is 22.5 Å². The molecule has 0 aliphatic carbocycles. The molecule has 0 spiro atoms. The maximum absolute atomic E-state index is 12.2. The van der Waals surface area contributed by atoms with Gasteiger partial charge in [0.25, 0.3) is 0 Å². The summed E-state index contributed by atoms with van der Waals surface area (Å²) in [5.74, 6) is 0. The third-order valence-electron chi connectivity index (χ3n) is 3.12. The van der Waals surface area contributed by atoms with Gasteiger partial charge in [-0.25, -0.2) is 13.1 Å². The van der Waals surface area contributed by atoms with Crippen LogP contribution in [0.15, 0.2) is 47.4 Å². The van der Waals surface area contributed by atoms with Crippen molar-refractivity contribution in [2.75, 3.05) is 19.0 Å². The van der Waals surface area contributed by atoms with Crippen molar-refractivity contribution in [3.63, 3.8) is 0 Å². The molecule has 2 aromatic carbocycles. The van der Waals surface area contributed by atoms with Gasteiger partial charge in [0.2, 0.25) is 10.0 Å². The van der Waals surface area contributed by atoms with Gasteiger partial charge >= 0.3 is 0 Å². The van der Waals surface area contributed by atoms with Crippen LogP contribution in [0.2, 0.25) is 10.0 Å². The summed E-state index contributed by atoms with van der Waals surface area (Å²) >= 11 is 11.6. The van der Waals surface area contributed by atoms with Crippen molar-refractivity contribution >= 4 is 38.9 Å². The van der Waals surface area contributed by atoms with E-state index in [2.05, 4.69) is 4.72 Å². The number of rotatable bonds is 5. The van der Waals surface area contributed by atoms with E-state index >= 15 is 0 Å². The number of hydrogen-bond donors (Lipinski definition) is 1. The fourth-order valence-electron chi connectivity index (χ4n) is 1.82. The highest BCUT2D eigenvalue weighted by atomic mass is 35.5. The number of hydrogen-bond acceptors (Lipinski definition) is 3. The third kappa shape index (κ3) is 4.14. The van der Waals surface area contributed by atoms with Gasteiger partial charge in [-0.05, 0) is 35.9 Å². The van der Waals surface area contributed by atoms with Gasteiger partial charge in [0.15, 0.2) is 0 Å². The fourth-order valence-corrected chi connectivity index (χ4v) is 3.22. The molecule has 2 aromatic rings. The second-order valence-corrected chi connectivity index (χ2v) is 7.54. The molecule has 0 aliphatic heterocycles. The molecule has 2 rings (SSSR count). The van der Waals surface area contributed by atoms with E-state index in [0.717, 1.165) is 11.3 Å². The lowest BCUT2D eigenvalue weighted by Gasteiger charge is -2.13. The Hall–Kier alpha value is -1.27. The minimum Gasteiger partial charge on any atom is -0.378 e. The van der Waals surface area contributed by atoms with E-state index < -0.39 is 10.0 Å². The fraction of sp³-hybridized carbons (Fsp3) is 0.200. The predicted molar refractivity (Wildman–Crippen MR) is 91.3 cm³/mol. The van der Waals surface area contributed by atoms with Crippen LogP contribution in [0.3, 0.4) is 0 Å². The molecule has 1 N–H and O–H groups in total. The van der Waals surface area contributed by atoms with Crippen molar-refractivity contribution in [1.29, 1.82) is 0 Å². The Morgan fingerprint density at radius 1 is 1.00 bits per heavy atom. The predicted octanol–water partition coefficient (Wildman–Crippen LogP) is 3.54. The Labute approximate surface area is 140 Å². The molecule has 0 atom stereocenters. The third-order valence-corrected chi connectivity index (χ3v) is 5.26. The maximum Gasteiger partial charge on any atom is 0.240 e. The number of anilines is 1. The Morgan fingerprint density at radius 3 is 2.18 bits per heavy atom. The van der Waals surface area contributed by atoms with Gasteiger partial charge < -0.3 is 4.90 Å². The van der Waals surface area contributed by atoms with E-state index in [4.69, 9.17) is 23.2 Å². The first-order chi connectivity index (χ1) is 10.3. The van der Waals surface area contributed by atoms with Crippen LogP contribution in [0.1, 0.15) is 5.56 Å². The maximum atomic E-state index is 12.2. The molecule has 0 saturated carbocycles. The standard InChI is InChI=1S/C15H16Cl2N2O2S/c1-19(2)12-5-3-11(4-6-12)10-18-22(20,21)13-7-8-14(16)15(17)9-13/h3-9,18H,10H2,1-2H3. The van der Waals surface area contributed by atoms with Crippen molar-refractivity contribution in [3.05, 3.63) is 58.1 Å². The zero-order valence-electron chi connectivity index (χ0n) is 12.2. The Morgan fingerprint density at radius 2 is 1.64 bits per heavy atom. The molecule has 0 aliphatic rings. The van der Waals surface area contributed by atoms with Crippen LogP contribution in [-0.2, 0) is 16.6 Å². The first kappa shape index (κ1) is 17.1. The highest BCUT2D eigenvalue weighted by Crippen LogP contribution is 2.24. The summed E-state index contributed by atoms with van der Waals surface area (Å²) in [6, 6.07) is 11.8. The molecule has 0 bridgehead atoms. The summed E-state index contributed by atoms with van der Waals surface area (Å²) in [5.41, 5.74) is 1.92. The second-order valence-electron chi connectivity index (χ2n) is 4.96.